The number of nitrogens with one attached hydrogen (secondary N) is 2. The van der Waals surface area contributed by atoms with Gasteiger partial charge in [0.2, 0.25) is 0 Å². The van der Waals surface area contributed by atoms with Crippen molar-refractivity contribution in [3.05, 3.63) is 118 Å². The standard InChI is InChI=1S/C46H49F3N6O7S2/c1-45(2)15-11-33(39(26-45)31-3-5-34(6-4-31)46(47,48)49)28-53-17-19-54(20-18-53)35-7-9-38(42(24-35)62-36-23-32-12-16-50-43(32)51-27-36)44(56)52-64(59,60)37-8-10-41(40(25-37)55(57)58)61-29-30-13-21-63-22-14-30/h3-10,12,16,23-25,27,30H,11,13-15,17-22,26,28-29H2,1-2H3,(H,50,51)(H,52,56). The summed E-state index contributed by atoms with van der Waals surface area (Å²) < 4.78 is 81.6. The zero-order chi connectivity index (χ0) is 45.2. The zero-order valence-corrected chi connectivity index (χ0v) is 37.1. The van der Waals surface area contributed by atoms with Gasteiger partial charge in [-0.15, -0.1) is 0 Å². The average Bonchev–Trinajstić information content (AvgIpc) is 3.74. The van der Waals surface area contributed by atoms with Gasteiger partial charge in [-0.05, 0) is 115 Å². The largest absolute Gasteiger partial charge is 0.487 e. The van der Waals surface area contributed by atoms with E-state index in [4.69, 9.17) is 9.47 Å². The van der Waals surface area contributed by atoms with Crippen molar-refractivity contribution in [2.24, 2.45) is 11.3 Å². The van der Waals surface area contributed by atoms with Crippen LogP contribution in [0.1, 0.15) is 67.4 Å². The Kier molecular flexibility index (Phi) is 13.0. The summed E-state index contributed by atoms with van der Waals surface area (Å²) >= 11 is 1.85. The smallest absolute Gasteiger partial charge is 0.416 e. The van der Waals surface area contributed by atoms with E-state index in [0.29, 0.717) is 44.1 Å². The number of fused-ring (bicyclic) bond motifs is 1. The number of carbonyl (C=O) groups is 1. The van der Waals surface area contributed by atoms with E-state index < -0.39 is 43.2 Å². The lowest BCUT2D eigenvalue weighted by Crippen LogP contribution is -2.47. The molecular weight excluding hydrogens is 870 g/mol. The molecule has 0 radical (unpaired) electrons. The van der Waals surface area contributed by atoms with Crippen LogP contribution in [-0.4, -0.2) is 85.0 Å². The SMILES string of the molecule is CC1(C)CCC(CN2CCN(c3ccc(C(=O)NS(=O)(=O)c4ccc(OCC5CCSCC5)c([N+](=O)[O-])c4)c(Oc4cnc5[nH]ccc5c4)c3)CC2)=C(c2ccc(C(F)(F)F)cc2)C1. The number of H-pyrrole nitrogens is 1. The lowest BCUT2D eigenvalue weighted by atomic mass is 9.72. The van der Waals surface area contributed by atoms with Crippen LogP contribution in [0.25, 0.3) is 16.6 Å². The molecule has 64 heavy (non-hydrogen) atoms. The normalized spacial score (nSPS) is 17.7. The molecule has 5 aromatic rings. The molecule has 2 aromatic heterocycles. The molecule has 338 valence electrons. The molecule has 2 N–H and O–H groups in total. The van der Waals surface area contributed by atoms with Crippen LogP contribution in [0.3, 0.4) is 0 Å². The number of benzene rings is 3. The number of nitrogens with zero attached hydrogens (tertiary/aromatic N) is 4. The molecule has 8 rings (SSSR count). The van der Waals surface area contributed by atoms with Crippen LogP contribution in [0.15, 0.2) is 95.7 Å². The van der Waals surface area contributed by atoms with Crippen molar-refractivity contribution in [3.8, 4) is 17.2 Å². The van der Waals surface area contributed by atoms with E-state index in [2.05, 4.69) is 38.3 Å². The third-order valence-corrected chi connectivity index (χ3v) is 14.6. The fourth-order valence-corrected chi connectivity index (χ4v) is 10.7. The van der Waals surface area contributed by atoms with Crippen molar-refractivity contribution in [1.29, 1.82) is 0 Å². The van der Waals surface area contributed by atoms with Gasteiger partial charge < -0.3 is 19.4 Å². The van der Waals surface area contributed by atoms with Gasteiger partial charge in [-0.25, -0.2) is 18.1 Å². The van der Waals surface area contributed by atoms with Crippen LogP contribution in [0.4, 0.5) is 24.5 Å². The Hall–Kier alpha value is -5.59. The minimum absolute atomic E-state index is 0.0193. The Morgan fingerprint density at radius 1 is 1.00 bits per heavy atom. The molecule has 1 aliphatic carbocycles. The fourth-order valence-electron chi connectivity index (χ4n) is 8.48. The quantitative estimate of drug-likeness (QED) is 0.0855. The van der Waals surface area contributed by atoms with Gasteiger partial charge in [0.25, 0.3) is 15.9 Å². The van der Waals surface area contributed by atoms with Crippen LogP contribution in [-0.2, 0) is 16.2 Å². The van der Waals surface area contributed by atoms with E-state index >= 15 is 0 Å². The molecule has 2 aliphatic heterocycles. The van der Waals surface area contributed by atoms with E-state index in [1.165, 1.54) is 30.0 Å². The highest BCUT2D eigenvalue weighted by Crippen LogP contribution is 2.44. The number of amides is 1. The van der Waals surface area contributed by atoms with E-state index in [1.54, 1.807) is 36.5 Å². The zero-order valence-electron chi connectivity index (χ0n) is 35.4. The van der Waals surface area contributed by atoms with Gasteiger partial charge in [-0.2, -0.15) is 24.9 Å². The van der Waals surface area contributed by atoms with Crippen molar-refractivity contribution in [2.75, 3.05) is 55.7 Å². The number of sulfonamides is 1. The summed E-state index contributed by atoms with van der Waals surface area (Å²) in [7, 11) is -4.61. The second kappa shape index (κ2) is 18.5. The topological polar surface area (TPSA) is 160 Å². The molecule has 2 saturated heterocycles. The molecule has 2 fully saturated rings. The number of alkyl halides is 3. The number of rotatable bonds is 13. The lowest BCUT2D eigenvalue weighted by Gasteiger charge is -2.39. The minimum atomic E-state index is -4.61. The van der Waals surface area contributed by atoms with E-state index in [9.17, 15) is 36.5 Å². The summed E-state index contributed by atoms with van der Waals surface area (Å²) in [5.41, 5.74) is 3.24. The highest BCUT2D eigenvalue weighted by molar-refractivity contribution is 7.99. The van der Waals surface area contributed by atoms with Crippen molar-refractivity contribution in [1.82, 2.24) is 19.6 Å². The first-order chi connectivity index (χ1) is 30.5. The average molecular weight is 919 g/mol. The molecule has 4 heterocycles. The van der Waals surface area contributed by atoms with Crippen LogP contribution >= 0.6 is 11.8 Å². The molecule has 1 amide bonds. The number of halogens is 3. The highest BCUT2D eigenvalue weighted by Gasteiger charge is 2.33. The number of aromatic nitrogens is 2. The minimum Gasteiger partial charge on any atom is -0.487 e. The van der Waals surface area contributed by atoms with E-state index in [1.807, 2.05) is 17.8 Å². The number of anilines is 1. The molecule has 0 saturated carbocycles. The van der Waals surface area contributed by atoms with Crippen LogP contribution in [0.5, 0.6) is 17.2 Å². The van der Waals surface area contributed by atoms with Gasteiger partial charge in [-0.1, -0.05) is 31.6 Å². The molecule has 0 spiro atoms. The summed E-state index contributed by atoms with van der Waals surface area (Å²) in [5, 5.41) is 12.8. The summed E-state index contributed by atoms with van der Waals surface area (Å²) in [6, 6.07) is 17.2. The molecule has 0 unspecified atom stereocenters. The predicted molar refractivity (Wildman–Crippen MR) is 241 cm³/mol. The predicted octanol–water partition coefficient (Wildman–Crippen LogP) is 9.71. The summed E-state index contributed by atoms with van der Waals surface area (Å²) in [5.74, 6) is 1.53. The number of allylic oxidation sites excluding steroid dienone is 1. The number of aromatic amines is 1. The van der Waals surface area contributed by atoms with E-state index in [0.717, 1.165) is 84.0 Å². The second-order valence-electron chi connectivity index (χ2n) is 17.3. The number of hydrogen-bond donors (Lipinski definition) is 2. The van der Waals surface area contributed by atoms with Crippen molar-refractivity contribution < 1.29 is 40.8 Å². The Bertz CT molecular complexity index is 2670. The number of pyridine rings is 1. The Labute approximate surface area is 373 Å². The summed E-state index contributed by atoms with van der Waals surface area (Å²) in [6.07, 6.45) is 3.26. The van der Waals surface area contributed by atoms with Gasteiger partial charge in [0.1, 0.15) is 17.1 Å². The number of carbonyl (C=O) groups excluding carboxylic acids is 1. The van der Waals surface area contributed by atoms with Crippen LogP contribution < -0.4 is 19.1 Å². The molecule has 3 aromatic carbocycles. The van der Waals surface area contributed by atoms with Crippen molar-refractivity contribution in [2.45, 2.75) is 57.0 Å². The third kappa shape index (κ3) is 10.5. The number of ether oxygens (including phenoxy) is 2. The van der Waals surface area contributed by atoms with Gasteiger partial charge in [0.05, 0.1) is 33.7 Å². The monoisotopic (exact) mass is 918 g/mol. The fraction of sp³-hybridized carbons (Fsp3) is 0.391. The van der Waals surface area contributed by atoms with E-state index in [-0.39, 0.29) is 35.0 Å². The molecule has 0 atom stereocenters. The van der Waals surface area contributed by atoms with Gasteiger partial charge in [0, 0.05) is 62.1 Å². The summed E-state index contributed by atoms with van der Waals surface area (Å²) in [4.78, 5) is 36.7. The third-order valence-electron chi connectivity index (χ3n) is 12.2. The second-order valence-corrected chi connectivity index (χ2v) is 20.2. The van der Waals surface area contributed by atoms with Gasteiger partial charge in [-0.3, -0.25) is 19.8 Å². The number of nitro benzene ring substituents is 1. The summed E-state index contributed by atoms with van der Waals surface area (Å²) in [6.45, 7) is 7.95. The molecular formula is C46H49F3N6O7S2. The maximum Gasteiger partial charge on any atom is 0.416 e. The number of hydrogen-bond acceptors (Lipinski definition) is 11. The van der Waals surface area contributed by atoms with Gasteiger partial charge in [0.15, 0.2) is 5.75 Å². The van der Waals surface area contributed by atoms with Crippen molar-refractivity contribution in [3.63, 3.8) is 0 Å². The number of nitro groups is 1. The Balaban J connectivity index is 1.000. The lowest BCUT2D eigenvalue weighted by molar-refractivity contribution is -0.386. The molecule has 0 bridgehead atoms. The Morgan fingerprint density at radius 2 is 1.75 bits per heavy atom. The molecule has 18 heteroatoms. The van der Waals surface area contributed by atoms with Gasteiger partial charge >= 0.3 is 11.9 Å². The number of thioether (sulfide) groups is 1. The highest BCUT2D eigenvalue weighted by atomic mass is 32.2. The van der Waals surface area contributed by atoms with Crippen molar-refractivity contribution >= 4 is 55.7 Å². The first kappa shape index (κ1) is 45.0. The molecule has 13 nitrogen and oxygen atoms in total. The molecule has 3 aliphatic rings. The maximum absolute atomic E-state index is 13.9. The van der Waals surface area contributed by atoms with Crippen LogP contribution in [0, 0.1) is 21.4 Å². The number of piperazine rings is 1. The maximum atomic E-state index is 13.9. The first-order valence-electron chi connectivity index (χ1n) is 21.2. The van der Waals surface area contributed by atoms with Crippen LogP contribution in [0.2, 0.25) is 0 Å². The Morgan fingerprint density at radius 3 is 2.47 bits per heavy atom. The first-order valence-corrected chi connectivity index (χ1v) is 23.8.